The Morgan fingerprint density at radius 3 is 2.76 bits per heavy atom. The van der Waals surface area contributed by atoms with Crippen molar-refractivity contribution in [2.75, 3.05) is 13.1 Å². The van der Waals surface area contributed by atoms with Gasteiger partial charge in [0.2, 0.25) is 0 Å². The standard InChI is InChI=1S/C13H18N2O2/c1-11-7-9-14(10-8-11)12-5-3-2-4-6-13(12)15(16)17/h2,4-6,11H,3,7-10H2,1H3. The van der Waals surface area contributed by atoms with Crippen molar-refractivity contribution < 1.29 is 4.92 Å². The van der Waals surface area contributed by atoms with E-state index in [1.54, 1.807) is 12.2 Å². The molecule has 0 N–H and O–H groups in total. The number of hydrogen-bond acceptors (Lipinski definition) is 3. The van der Waals surface area contributed by atoms with Gasteiger partial charge in [0.25, 0.3) is 5.70 Å². The van der Waals surface area contributed by atoms with Crippen molar-refractivity contribution >= 4 is 0 Å². The van der Waals surface area contributed by atoms with Crippen LogP contribution >= 0.6 is 0 Å². The number of allylic oxidation sites excluding steroid dienone is 4. The summed E-state index contributed by atoms with van der Waals surface area (Å²) in [5, 5.41) is 11.1. The number of piperidine rings is 1. The summed E-state index contributed by atoms with van der Waals surface area (Å²) in [6.45, 7) is 4.10. The number of likely N-dealkylation sites (tertiary alicyclic amines) is 1. The van der Waals surface area contributed by atoms with E-state index in [9.17, 15) is 10.1 Å². The van der Waals surface area contributed by atoms with E-state index < -0.39 is 0 Å². The lowest BCUT2D eigenvalue weighted by Gasteiger charge is -2.32. The van der Waals surface area contributed by atoms with E-state index in [1.165, 1.54) is 0 Å². The van der Waals surface area contributed by atoms with Gasteiger partial charge < -0.3 is 4.90 Å². The Labute approximate surface area is 101 Å². The first-order chi connectivity index (χ1) is 8.18. The maximum Gasteiger partial charge on any atom is 0.292 e. The zero-order valence-corrected chi connectivity index (χ0v) is 10.1. The molecule has 0 radical (unpaired) electrons. The molecule has 1 aliphatic heterocycles. The van der Waals surface area contributed by atoms with Gasteiger partial charge >= 0.3 is 0 Å². The lowest BCUT2D eigenvalue weighted by Crippen LogP contribution is -2.33. The summed E-state index contributed by atoms with van der Waals surface area (Å²) >= 11 is 0. The molecule has 0 saturated carbocycles. The Bertz CT molecular complexity index is 388. The molecule has 17 heavy (non-hydrogen) atoms. The molecular formula is C13H18N2O2. The summed E-state index contributed by atoms with van der Waals surface area (Å²) in [4.78, 5) is 12.9. The van der Waals surface area contributed by atoms with Crippen LogP contribution in [0.15, 0.2) is 35.7 Å². The molecule has 1 saturated heterocycles. The molecule has 0 spiro atoms. The third-order valence-electron chi connectivity index (χ3n) is 3.42. The molecule has 1 fully saturated rings. The summed E-state index contributed by atoms with van der Waals surface area (Å²) in [7, 11) is 0. The zero-order chi connectivity index (χ0) is 12.3. The Kier molecular flexibility index (Phi) is 3.61. The summed E-state index contributed by atoms with van der Waals surface area (Å²) in [5.74, 6) is 0.735. The lowest BCUT2D eigenvalue weighted by atomic mass is 9.98. The Balaban J connectivity index is 2.18. The summed E-state index contributed by atoms with van der Waals surface area (Å²) in [5.41, 5.74) is 1.03. The van der Waals surface area contributed by atoms with Crippen LogP contribution in [0.25, 0.3) is 0 Å². The Morgan fingerprint density at radius 1 is 1.41 bits per heavy atom. The van der Waals surface area contributed by atoms with Gasteiger partial charge in [0.1, 0.15) is 5.70 Å². The van der Waals surface area contributed by atoms with Gasteiger partial charge in [-0.05, 0) is 25.2 Å². The van der Waals surface area contributed by atoms with E-state index in [4.69, 9.17) is 0 Å². The van der Waals surface area contributed by atoms with E-state index in [0.717, 1.165) is 44.0 Å². The van der Waals surface area contributed by atoms with E-state index in [2.05, 4.69) is 11.8 Å². The van der Waals surface area contributed by atoms with Crippen LogP contribution in [-0.4, -0.2) is 22.9 Å². The van der Waals surface area contributed by atoms with Gasteiger partial charge in [-0.3, -0.25) is 10.1 Å². The second-order valence-corrected chi connectivity index (χ2v) is 4.73. The van der Waals surface area contributed by atoms with E-state index >= 15 is 0 Å². The van der Waals surface area contributed by atoms with Crippen LogP contribution in [0.5, 0.6) is 0 Å². The molecule has 92 valence electrons. The fraction of sp³-hybridized carbons (Fsp3) is 0.538. The summed E-state index contributed by atoms with van der Waals surface area (Å²) in [6, 6.07) is 0. The molecule has 0 aromatic heterocycles. The first kappa shape index (κ1) is 11.9. The fourth-order valence-electron chi connectivity index (χ4n) is 2.30. The largest absolute Gasteiger partial charge is 0.366 e. The molecular weight excluding hydrogens is 216 g/mol. The monoisotopic (exact) mass is 234 g/mol. The van der Waals surface area contributed by atoms with Crippen LogP contribution in [0.1, 0.15) is 26.2 Å². The smallest absolute Gasteiger partial charge is 0.292 e. The normalized spacial score (nSPS) is 21.8. The second kappa shape index (κ2) is 5.17. The van der Waals surface area contributed by atoms with Crippen molar-refractivity contribution in [3.8, 4) is 0 Å². The van der Waals surface area contributed by atoms with Crippen LogP contribution in [0.4, 0.5) is 0 Å². The van der Waals surface area contributed by atoms with E-state index in [0.29, 0.717) is 0 Å². The van der Waals surface area contributed by atoms with Crippen molar-refractivity contribution in [1.82, 2.24) is 4.90 Å². The van der Waals surface area contributed by atoms with Gasteiger partial charge in [-0.25, -0.2) is 0 Å². The topological polar surface area (TPSA) is 46.4 Å². The van der Waals surface area contributed by atoms with Gasteiger partial charge in [0, 0.05) is 19.2 Å². The molecule has 4 nitrogen and oxygen atoms in total. The highest BCUT2D eigenvalue weighted by atomic mass is 16.6. The second-order valence-electron chi connectivity index (χ2n) is 4.73. The maximum atomic E-state index is 11.1. The third kappa shape index (κ3) is 2.75. The van der Waals surface area contributed by atoms with Crippen LogP contribution in [0.2, 0.25) is 0 Å². The van der Waals surface area contributed by atoms with Gasteiger partial charge in [-0.1, -0.05) is 25.2 Å². The van der Waals surface area contributed by atoms with Crippen LogP contribution in [-0.2, 0) is 0 Å². The van der Waals surface area contributed by atoms with Crippen molar-refractivity contribution in [1.29, 1.82) is 0 Å². The molecule has 0 amide bonds. The van der Waals surface area contributed by atoms with Crippen molar-refractivity contribution in [3.05, 3.63) is 45.8 Å². The Hall–Kier alpha value is -1.58. The minimum Gasteiger partial charge on any atom is -0.366 e. The minimum absolute atomic E-state index is 0.230. The van der Waals surface area contributed by atoms with Crippen LogP contribution in [0.3, 0.4) is 0 Å². The van der Waals surface area contributed by atoms with Crippen LogP contribution in [0, 0.1) is 16.0 Å². The molecule has 2 aliphatic rings. The first-order valence-corrected chi connectivity index (χ1v) is 6.15. The van der Waals surface area contributed by atoms with Gasteiger partial charge in [-0.2, -0.15) is 0 Å². The van der Waals surface area contributed by atoms with Crippen molar-refractivity contribution in [2.24, 2.45) is 5.92 Å². The molecule has 0 aromatic carbocycles. The molecule has 4 heteroatoms. The highest BCUT2D eigenvalue weighted by Crippen LogP contribution is 2.25. The van der Waals surface area contributed by atoms with Gasteiger partial charge in [0.15, 0.2) is 0 Å². The molecule has 0 bridgehead atoms. The van der Waals surface area contributed by atoms with Gasteiger partial charge in [-0.15, -0.1) is 0 Å². The maximum absolute atomic E-state index is 11.1. The van der Waals surface area contributed by atoms with Gasteiger partial charge in [0.05, 0.1) is 4.92 Å². The molecule has 0 unspecified atom stereocenters. The third-order valence-corrected chi connectivity index (χ3v) is 3.42. The number of nitrogens with zero attached hydrogens (tertiary/aromatic N) is 2. The van der Waals surface area contributed by atoms with Crippen LogP contribution < -0.4 is 0 Å². The first-order valence-electron chi connectivity index (χ1n) is 6.15. The fourth-order valence-corrected chi connectivity index (χ4v) is 2.30. The highest BCUT2D eigenvalue weighted by molar-refractivity contribution is 5.31. The minimum atomic E-state index is -0.278. The average molecular weight is 234 g/mol. The van der Waals surface area contributed by atoms with E-state index in [1.807, 2.05) is 12.2 Å². The highest BCUT2D eigenvalue weighted by Gasteiger charge is 2.26. The lowest BCUT2D eigenvalue weighted by molar-refractivity contribution is -0.422. The average Bonchev–Trinajstić information content (AvgIpc) is 2.55. The molecule has 0 atom stereocenters. The number of hydrogen-bond donors (Lipinski definition) is 0. The molecule has 2 rings (SSSR count). The molecule has 1 aliphatic carbocycles. The summed E-state index contributed by atoms with van der Waals surface area (Å²) < 4.78 is 0. The quantitative estimate of drug-likeness (QED) is 0.545. The number of nitro groups is 1. The molecule has 0 aromatic rings. The Morgan fingerprint density at radius 2 is 2.12 bits per heavy atom. The van der Waals surface area contributed by atoms with E-state index in [-0.39, 0.29) is 10.6 Å². The zero-order valence-electron chi connectivity index (χ0n) is 10.1. The van der Waals surface area contributed by atoms with Crippen molar-refractivity contribution in [3.63, 3.8) is 0 Å². The number of rotatable bonds is 2. The predicted octanol–water partition coefficient (Wildman–Crippen LogP) is 2.72. The SMILES string of the molecule is CC1CCN(C2=CCC=CC=C2[N+](=O)[O-])CC1. The predicted molar refractivity (Wildman–Crippen MR) is 66.9 cm³/mol. The summed E-state index contributed by atoms with van der Waals surface area (Å²) in [6.07, 6.45) is 10.3. The molecule has 1 heterocycles. The van der Waals surface area contributed by atoms with Crippen molar-refractivity contribution in [2.45, 2.75) is 26.2 Å².